The fourth-order valence-electron chi connectivity index (χ4n) is 6.18. The Labute approximate surface area is 376 Å². The van der Waals surface area contributed by atoms with Gasteiger partial charge in [0.2, 0.25) is 11.8 Å². The van der Waals surface area contributed by atoms with E-state index in [4.69, 9.17) is 14.9 Å². The molecule has 4 N–H and O–H groups in total. The molecular formula is C53H84N2O7. The molecule has 0 spiro atoms. The molecule has 0 saturated carbocycles. The van der Waals surface area contributed by atoms with Gasteiger partial charge in [0.15, 0.2) is 0 Å². The maximum Gasteiger partial charge on any atom is 0.328 e. The number of esters is 1. The van der Waals surface area contributed by atoms with Crippen LogP contribution in [0.1, 0.15) is 174 Å². The molecule has 0 fully saturated rings. The average molecular weight is 861 g/mol. The lowest BCUT2D eigenvalue weighted by Gasteiger charge is -2.15. The van der Waals surface area contributed by atoms with E-state index in [0.29, 0.717) is 25.7 Å². The molecule has 0 aliphatic heterocycles. The van der Waals surface area contributed by atoms with Gasteiger partial charge in [0, 0.05) is 12.8 Å². The minimum absolute atomic E-state index is 0.175. The largest absolute Gasteiger partial charge is 0.480 e. The standard InChI is InChI=1S/C53H84N2O7/c1-3-5-7-9-11-13-15-17-19-20-21-22-23-24-25-26-27-29-31-33-35-37-39-45-52(59)62-48(42-38-36-34-32-30-28-18-16-14-12-10-8-6-4-2)43-40-41-44-50(57)54-46-51(58)55-49(47-56)53(60)61/h5-8,11-14,17-19,21-22,28,32,34,38,42,48-49,56H,3-4,9-10,15-16,20,23-27,29-31,33,35-37,39-41,43-47H2,1-2H3,(H,54,57)(H,55,58)(H,60,61)/b7-5-,8-6-,13-11-,14-12-,19-17-,22-21-,28-18-,34-32-,42-38-. The van der Waals surface area contributed by atoms with E-state index in [2.05, 4.69) is 122 Å². The molecule has 0 aromatic carbocycles. The molecular weight excluding hydrogens is 777 g/mol. The van der Waals surface area contributed by atoms with E-state index in [0.717, 1.165) is 83.5 Å². The molecule has 0 rings (SSSR count). The van der Waals surface area contributed by atoms with Crippen molar-refractivity contribution in [1.82, 2.24) is 10.6 Å². The molecule has 2 atom stereocenters. The van der Waals surface area contributed by atoms with Crippen LogP contribution in [0.25, 0.3) is 0 Å². The van der Waals surface area contributed by atoms with Gasteiger partial charge in [-0.15, -0.1) is 0 Å². The summed E-state index contributed by atoms with van der Waals surface area (Å²) in [6.07, 6.45) is 62.7. The van der Waals surface area contributed by atoms with Crippen molar-refractivity contribution >= 4 is 23.8 Å². The van der Waals surface area contributed by atoms with Gasteiger partial charge in [-0.25, -0.2) is 4.79 Å². The molecule has 0 aromatic rings. The van der Waals surface area contributed by atoms with Crippen LogP contribution in [-0.4, -0.2) is 59.3 Å². The molecule has 0 saturated heterocycles. The first-order valence-electron chi connectivity index (χ1n) is 23.8. The number of carboxylic acid groups (broad SMARTS) is 1. The van der Waals surface area contributed by atoms with Crippen molar-refractivity contribution in [3.8, 4) is 0 Å². The number of allylic oxidation sites excluding steroid dienone is 17. The van der Waals surface area contributed by atoms with Crippen molar-refractivity contribution in [3.05, 3.63) is 109 Å². The minimum Gasteiger partial charge on any atom is -0.480 e. The molecule has 2 unspecified atom stereocenters. The predicted molar refractivity (Wildman–Crippen MR) is 259 cm³/mol. The van der Waals surface area contributed by atoms with Gasteiger partial charge in [-0.05, 0) is 102 Å². The van der Waals surface area contributed by atoms with Gasteiger partial charge < -0.3 is 25.6 Å². The fraction of sp³-hybridized carbons (Fsp3) is 0.585. The topological polar surface area (TPSA) is 142 Å². The number of nitrogens with one attached hydrogen (secondary N) is 2. The number of rotatable bonds is 41. The van der Waals surface area contributed by atoms with Crippen LogP contribution in [0.3, 0.4) is 0 Å². The molecule has 0 aromatic heterocycles. The van der Waals surface area contributed by atoms with Crippen LogP contribution in [-0.2, 0) is 23.9 Å². The zero-order valence-electron chi connectivity index (χ0n) is 38.6. The Morgan fingerprint density at radius 3 is 1.39 bits per heavy atom. The molecule has 0 bridgehead atoms. The number of hydrogen-bond acceptors (Lipinski definition) is 6. The summed E-state index contributed by atoms with van der Waals surface area (Å²) in [4.78, 5) is 48.0. The van der Waals surface area contributed by atoms with E-state index >= 15 is 0 Å². The third-order valence-electron chi connectivity index (χ3n) is 9.75. The van der Waals surface area contributed by atoms with Crippen LogP contribution in [0.2, 0.25) is 0 Å². The molecule has 62 heavy (non-hydrogen) atoms. The molecule has 2 amide bonds. The first-order chi connectivity index (χ1) is 30.3. The molecule has 0 heterocycles. The molecule has 9 heteroatoms. The Morgan fingerprint density at radius 1 is 0.500 bits per heavy atom. The third-order valence-corrected chi connectivity index (χ3v) is 9.75. The summed E-state index contributed by atoms with van der Waals surface area (Å²) in [5.74, 6) is -2.59. The smallest absolute Gasteiger partial charge is 0.328 e. The Bertz CT molecular complexity index is 1400. The highest BCUT2D eigenvalue weighted by atomic mass is 16.5. The summed E-state index contributed by atoms with van der Waals surface area (Å²) in [5, 5.41) is 22.6. The van der Waals surface area contributed by atoms with Crippen LogP contribution >= 0.6 is 0 Å². The molecule has 348 valence electrons. The van der Waals surface area contributed by atoms with E-state index in [1.165, 1.54) is 44.9 Å². The lowest BCUT2D eigenvalue weighted by atomic mass is 10.0. The Hall–Kier alpha value is -4.50. The predicted octanol–water partition coefficient (Wildman–Crippen LogP) is 12.4. The number of aliphatic hydroxyl groups excluding tert-OH is 1. The molecule has 0 aliphatic rings. The van der Waals surface area contributed by atoms with Gasteiger partial charge in [-0.2, -0.15) is 0 Å². The van der Waals surface area contributed by atoms with Crippen LogP contribution in [0.4, 0.5) is 0 Å². The van der Waals surface area contributed by atoms with Crippen LogP contribution in [0, 0.1) is 0 Å². The van der Waals surface area contributed by atoms with E-state index < -0.39 is 24.5 Å². The summed E-state index contributed by atoms with van der Waals surface area (Å²) in [6.45, 7) is 3.17. The summed E-state index contributed by atoms with van der Waals surface area (Å²) in [7, 11) is 0. The molecule has 9 nitrogen and oxygen atoms in total. The number of hydrogen-bond donors (Lipinski definition) is 4. The summed E-state index contributed by atoms with van der Waals surface area (Å²) in [5.41, 5.74) is 0. The van der Waals surface area contributed by atoms with Crippen molar-refractivity contribution in [2.75, 3.05) is 13.2 Å². The summed E-state index contributed by atoms with van der Waals surface area (Å²) in [6, 6.07) is -1.42. The number of carboxylic acids is 1. The summed E-state index contributed by atoms with van der Waals surface area (Å²) >= 11 is 0. The van der Waals surface area contributed by atoms with Crippen LogP contribution in [0.5, 0.6) is 0 Å². The van der Waals surface area contributed by atoms with E-state index in [1.807, 2.05) is 12.2 Å². The zero-order chi connectivity index (χ0) is 45.4. The van der Waals surface area contributed by atoms with Gasteiger partial charge in [-0.3, -0.25) is 14.4 Å². The maximum atomic E-state index is 12.8. The highest BCUT2D eigenvalue weighted by molar-refractivity contribution is 5.87. The minimum atomic E-state index is -1.42. The number of carbonyl (C=O) groups excluding carboxylic acids is 3. The molecule has 0 aliphatic carbocycles. The van der Waals surface area contributed by atoms with Crippen LogP contribution in [0.15, 0.2) is 109 Å². The third kappa shape index (κ3) is 42.2. The Morgan fingerprint density at radius 2 is 0.919 bits per heavy atom. The second-order valence-corrected chi connectivity index (χ2v) is 15.4. The Balaban J connectivity index is 4.42. The number of ether oxygens (including phenoxy) is 1. The lowest BCUT2D eigenvalue weighted by Crippen LogP contribution is -2.47. The monoisotopic (exact) mass is 861 g/mol. The fourth-order valence-corrected chi connectivity index (χ4v) is 6.18. The van der Waals surface area contributed by atoms with Crippen molar-refractivity contribution in [3.63, 3.8) is 0 Å². The summed E-state index contributed by atoms with van der Waals surface area (Å²) < 4.78 is 5.86. The average Bonchev–Trinajstić information content (AvgIpc) is 3.26. The molecule has 0 radical (unpaired) electrons. The second-order valence-electron chi connectivity index (χ2n) is 15.4. The van der Waals surface area contributed by atoms with E-state index in [-0.39, 0.29) is 30.9 Å². The quantitative estimate of drug-likeness (QED) is 0.0272. The highest BCUT2D eigenvalue weighted by Crippen LogP contribution is 2.15. The van der Waals surface area contributed by atoms with E-state index in [1.54, 1.807) is 0 Å². The van der Waals surface area contributed by atoms with Crippen molar-refractivity contribution < 1.29 is 34.1 Å². The van der Waals surface area contributed by atoms with Gasteiger partial charge in [0.1, 0.15) is 12.1 Å². The number of amides is 2. The van der Waals surface area contributed by atoms with Crippen LogP contribution < -0.4 is 10.6 Å². The highest BCUT2D eigenvalue weighted by Gasteiger charge is 2.19. The first-order valence-corrected chi connectivity index (χ1v) is 23.8. The van der Waals surface area contributed by atoms with E-state index in [9.17, 15) is 19.2 Å². The van der Waals surface area contributed by atoms with Gasteiger partial charge >= 0.3 is 11.9 Å². The number of aliphatic carboxylic acids is 1. The number of aliphatic hydroxyl groups is 1. The lowest BCUT2D eigenvalue weighted by molar-refractivity contribution is -0.147. The number of unbranched alkanes of at least 4 members (excludes halogenated alkanes) is 11. The SMILES string of the molecule is CC/C=C\C/C=C\C/C=C\C/C=C\C/C=C\C(CCCCC(=O)NCC(=O)NC(CO)C(=O)O)OC(=O)CCCCCCCCCCCC/C=C\C/C=C\C/C=C\C/C=C\CC. The van der Waals surface area contributed by atoms with Gasteiger partial charge in [-0.1, -0.05) is 169 Å². The van der Waals surface area contributed by atoms with Crippen molar-refractivity contribution in [2.24, 2.45) is 0 Å². The maximum absolute atomic E-state index is 12.8. The normalized spacial score (nSPS) is 13.5. The second kappa shape index (κ2) is 46.0. The number of carbonyl (C=O) groups is 4. The Kier molecular flexibility index (Phi) is 42.7. The van der Waals surface area contributed by atoms with Crippen molar-refractivity contribution in [2.45, 2.75) is 187 Å². The van der Waals surface area contributed by atoms with Gasteiger partial charge in [0.25, 0.3) is 0 Å². The van der Waals surface area contributed by atoms with Crippen molar-refractivity contribution in [1.29, 1.82) is 0 Å². The first kappa shape index (κ1) is 57.5. The van der Waals surface area contributed by atoms with Gasteiger partial charge in [0.05, 0.1) is 13.2 Å². The zero-order valence-corrected chi connectivity index (χ0v) is 38.6.